The normalized spacial score (nSPS) is 20.7. The molecule has 0 saturated carbocycles. The summed E-state index contributed by atoms with van der Waals surface area (Å²) in [5.74, 6) is 0.211. The third-order valence-corrected chi connectivity index (χ3v) is 6.78. The molecule has 2 saturated heterocycles. The standard InChI is InChI=1S/C22H28N4O2S/c1-17-7-5-6-10-26(17)20(27)15-24-11-13-25(14-12-24)22(28)19-16-29-21(23-19)18-8-3-2-4-9-18/h2-4,8-9,16-17H,5-7,10-15H2,1H3. The van der Waals surface area contributed by atoms with Gasteiger partial charge in [-0.3, -0.25) is 14.5 Å². The van der Waals surface area contributed by atoms with Gasteiger partial charge in [-0.2, -0.15) is 0 Å². The van der Waals surface area contributed by atoms with Gasteiger partial charge in [0.25, 0.3) is 5.91 Å². The Morgan fingerprint density at radius 1 is 1.07 bits per heavy atom. The van der Waals surface area contributed by atoms with Crippen LogP contribution in [-0.2, 0) is 4.79 Å². The molecular formula is C22H28N4O2S. The molecule has 3 heterocycles. The highest BCUT2D eigenvalue weighted by Crippen LogP contribution is 2.24. The smallest absolute Gasteiger partial charge is 0.273 e. The molecule has 154 valence electrons. The second-order valence-electron chi connectivity index (χ2n) is 7.90. The Labute approximate surface area is 176 Å². The second-order valence-corrected chi connectivity index (χ2v) is 8.76. The summed E-state index contributed by atoms with van der Waals surface area (Å²) in [6, 6.07) is 10.3. The third-order valence-electron chi connectivity index (χ3n) is 5.89. The van der Waals surface area contributed by atoms with Crippen molar-refractivity contribution in [2.24, 2.45) is 0 Å². The predicted molar refractivity (Wildman–Crippen MR) is 115 cm³/mol. The number of hydrogen-bond donors (Lipinski definition) is 0. The van der Waals surface area contributed by atoms with Crippen LogP contribution in [0.25, 0.3) is 10.6 Å². The minimum atomic E-state index is -0.0148. The molecule has 0 radical (unpaired) electrons. The number of hydrogen-bond acceptors (Lipinski definition) is 5. The van der Waals surface area contributed by atoms with E-state index in [2.05, 4.69) is 16.8 Å². The molecule has 7 heteroatoms. The maximum Gasteiger partial charge on any atom is 0.273 e. The summed E-state index contributed by atoms with van der Waals surface area (Å²) in [4.78, 5) is 36.1. The molecule has 2 amide bonds. The topological polar surface area (TPSA) is 56.8 Å². The van der Waals surface area contributed by atoms with E-state index in [9.17, 15) is 9.59 Å². The van der Waals surface area contributed by atoms with Crippen molar-refractivity contribution in [2.45, 2.75) is 32.2 Å². The van der Waals surface area contributed by atoms with Crippen molar-refractivity contribution >= 4 is 23.2 Å². The quantitative estimate of drug-likeness (QED) is 0.775. The van der Waals surface area contributed by atoms with Crippen LogP contribution in [0.1, 0.15) is 36.7 Å². The minimum Gasteiger partial charge on any atom is -0.339 e. The Hall–Kier alpha value is -2.25. The number of likely N-dealkylation sites (tertiary alicyclic amines) is 1. The van der Waals surface area contributed by atoms with Crippen molar-refractivity contribution in [1.29, 1.82) is 0 Å². The molecule has 0 bridgehead atoms. The molecule has 2 fully saturated rings. The van der Waals surface area contributed by atoms with Crippen molar-refractivity contribution in [2.75, 3.05) is 39.3 Å². The molecule has 1 aromatic carbocycles. The summed E-state index contributed by atoms with van der Waals surface area (Å²) in [7, 11) is 0. The van der Waals surface area contributed by atoms with Crippen LogP contribution in [0, 0.1) is 0 Å². The Kier molecular flexibility index (Phi) is 6.25. The number of piperazine rings is 1. The third kappa shape index (κ3) is 4.67. The first-order chi connectivity index (χ1) is 14.1. The summed E-state index contributed by atoms with van der Waals surface area (Å²) in [6.45, 7) is 6.23. The molecule has 29 heavy (non-hydrogen) atoms. The van der Waals surface area contributed by atoms with Gasteiger partial charge in [0.05, 0.1) is 6.54 Å². The molecule has 0 aliphatic carbocycles. The van der Waals surface area contributed by atoms with Crippen molar-refractivity contribution in [3.63, 3.8) is 0 Å². The molecule has 2 aliphatic rings. The maximum absolute atomic E-state index is 12.8. The summed E-state index contributed by atoms with van der Waals surface area (Å²) in [5, 5.41) is 2.71. The molecule has 0 spiro atoms. The highest BCUT2D eigenvalue weighted by atomic mass is 32.1. The van der Waals surface area contributed by atoms with Crippen LogP contribution >= 0.6 is 11.3 Å². The van der Waals surface area contributed by atoms with Crippen LogP contribution in [0.15, 0.2) is 35.7 Å². The number of nitrogens with zero attached hydrogens (tertiary/aromatic N) is 4. The number of amides is 2. The summed E-state index contributed by atoms with van der Waals surface area (Å²) in [5.41, 5.74) is 1.55. The molecule has 1 aromatic heterocycles. The van der Waals surface area contributed by atoms with Crippen molar-refractivity contribution in [3.8, 4) is 10.6 Å². The van der Waals surface area contributed by atoms with Gasteiger partial charge < -0.3 is 9.80 Å². The van der Waals surface area contributed by atoms with E-state index in [0.717, 1.165) is 43.0 Å². The fourth-order valence-electron chi connectivity index (χ4n) is 4.11. The number of thiazole rings is 1. The van der Waals surface area contributed by atoms with Crippen LogP contribution in [0.3, 0.4) is 0 Å². The number of piperidine rings is 1. The van der Waals surface area contributed by atoms with Crippen molar-refractivity contribution < 1.29 is 9.59 Å². The molecule has 4 rings (SSSR count). The lowest BCUT2D eigenvalue weighted by Gasteiger charge is -2.37. The number of aromatic nitrogens is 1. The molecule has 2 aliphatic heterocycles. The lowest BCUT2D eigenvalue weighted by molar-refractivity contribution is -0.136. The van der Waals surface area contributed by atoms with Gasteiger partial charge in [-0.15, -0.1) is 11.3 Å². The van der Waals surface area contributed by atoms with Gasteiger partial charge >= 0.3 is 0 Å². The van der Waals surface area contributed by atoms with Crippen LogP contribution in [-0.4, -0.2) is 76.8 Å². The molecule has 6 nitrogen and oxygen atoms in total. The number of rotatable bonds is 4. The minimum absolute atomic E-state index is 0.0148. The van der Waals surface area contributed by atoms with Crippen molar-refractivity contribution in [1.82, 2.24) is 19.7 Å². The first-order valence-corrected chi connectivity index (χ1v) is 11.3. The van der Waals surface area contributed by atoms with Crippen LogP contribution in [0.2, 0.25) is 0 Å². The van der Waals surface area contributed by atoms with Crippen LogP contribution < -0.4 is 0 Å². The van der Waals surface area contributed by atoms with Gasteiger partial charge in [0.2, 0.25) is 5.91 Å². The predicted octanol–water partition coefficient (Wildman–Crippen LogP) is 2.97. The van der Waals surface area contributed by atoms with E-state index >= 15 is 0 Å². The van der Waals surface area contributed by atoms with Gasteiger partial charge in [0, 0.05) is 49.7 Å². The van der Waals surface area contributed by atoms with Gasteiger partial charge in [-0.1, -0.05) is 30.3 Å². The average molecular weight is 413 g/mol. The summed E-state index contributed by atoms with van der Waals surface area (Å²) < 4.78 is 0. The molecular weight excluding hydrogens is 384 g/mol. The maximum atomic E-state index is 12.8. The Balaban J connectivity index is 1.30. The summed E-state index contributed by atoms with van der Waals surface area (Å²) >= 11 is 1.50. The first-order valence-electron chi connectivity index (χ1n) is 10.4. The van der Waals surface area contributed by atoms with E-state index in [1.165, 1.54) is 17.8 Å². The zero-order chi connectivity index (χ0) is 20.2. The molecule has 0 N–H and O–H groups in total. The highest BCUT2D eigenvalue weighted by Gasteiger charge is 2.28. The highest BCUT2D eigenvalue weighted by molar-refractivity contribution is 7.13. The van der Waals surface area contributed by atoms with E-state index < -0.39 is 0 Å². The fourth-order valence-corrected chi connectivity index (χ4v) is 4.91. The Bertz CT molecular complexity index is 846. The van der Waals surface area contributed by atoms with Gasteiger partial charge in [-0.05, 0) is 26.2 Å². The number of carbonyl (C=O) groups excluding carboxylic acids is 2. The van der Waals surface area contributed by atoms with Crippen LogP contribution in [0.4, 0.5) is 0 Å². The number of carbonyl (C=O) groups is 2. The van der Waals surface area contributed by atoms with Gasteiger partial charge in [-0.25, -0.2) is 4.98 Å². The van der Waals surface area contributed by atoms with E-state index in [4.69, 9.17) is 0 Å². The number of benzene rings is 1. The van der Waals surface area contributed by atoms with Gasteiger partial charge in [0.1, 0.15) is 10.7 Å². The fraction of sp³-hybridized carbons (Fsp3) is 0.500. The van der Waals surface area contributed by atoms with E-state index in [-0.39, 0.29) is 11.8 Å². The average Bonchev–Trinajstić information content (AvgIpc) is 3.25. The first kappa shape index (κ1) is 20.0. The lowest BCUT2D eigenvalue weighted by Crippen LogP contribution is -2.53. The van der Waals surface area contributed by atoms with E-state index in [0.29, 0.717) is 31.4 Å². The second kappa shape index (κ2) is 9.05. The van der Waals surface area contributed by atoms with E-state index in [1.54, 1.807) is 0 Å². The zero-order valence-electron chi connectivity index (χ0n) is 16.9. The van der Waals surface area contributed by atoms with E-state index in [1.807, 2.05) is 45.5 Å². The van der Waals surface area contributed by atoms with Gasteiger partial charge in [0.15, 0.2) is 0 Å². The summed E-state index contributed by atoms with van der Waals surface area (Å²) in [6.07, 6.45) is 3.43. The van der Waals surface area contributed by atoms with Crippen LogP contribution in [0.5, 0.6) is 0 Å². The Morgan fingerprint density at radius 3 is 2.55 bits per heavy atom. The lowest BCUT2D eigenvalue weighted by atomic mass is 10.0. The SMILES string of the molecule is CC1CCCCN1C(=O)CN1CCN(C(=O)c2csc(-c3ccccc3)n2)CC1. The monoisotopic (exact) mass is 412 g/mol. The zero-order valence-corrected chi connectivity index (χ0v) is 17.7. The molecule has 1 atom stereocenters. The molecule has 1 unspecified atom stereocenters. The van der Waals surface area contributed by atoms with Crippen molar-refractivity contribution in [3.05, 3.63) is 41.4 Å². The largest absolute Gasteiger partial charge is 0.339 e. The Morgan fingerprint density at radius 2 is 1.83 bits per heavy atom. The molecule has 2 aromatic rings.